The lowest BCUT2D eigenvalue weighted by atomic mass is 9.85. The minimum Gasteiger partial charge on any atom is -0.497 e. The fourth-order valence-electron chi connectivity index (χ4n) is 5.26. The Morgan fingerprint density at radius 3 is 2.06 bits per heavy atom. The van der Waals surface area contributed by atoms with Crippen LogP contribution in [0, 0.1) is 5.92 Å². The number of benzene rings is 2. The highest BCUT2D eigenvalue weighted by Gasteiger charge is 2.57. The van der Waals surface area contributed by atoms with Crippen molar-refractivity contribution in [3.8, 4) is 17.2 Å². The van der Waals surface area contributed by atoms with E-state index in [-0.39, 0.29) is 24.4 Å². The van der Waals surface area contributed by atoms with E-state index in [9.17, 15) is 9.59 Å². The summed E-state index contributed by atoms with van der Waals surface area (Å²) in [5, 5.41) is 0. The molecule has 2 aliphatic rings. The molecule has 2 aromatic rings. The van der Waals surface area contributed by atoms with E-state index in [4.69, 9.17) is 14.2 Å². The molecule has 0 atom stereocenters. The second-order valence-corrected chi connectivity index (χ2v) is 10.0. The molecule has 4 rings (SSSR count). The number of carbonyl (C=O) groups excluding carboxylic acids is 2. The molecule has 1 spiro atoms. The molecule has 8 heteroatoms. The van der Waals surface area contributed by atoms with E-state index >= 15 is 0 Å². The molecular formula is C28H37N3O5. The topological polar surface area (TPSA) is 71.6 Å². The Hall–Kier alpha value is -3.26. The van der Waals surface area contributed by atoms with Gasteiger partial charge < -0.3 is 19.1 Å². The molecule has 2 heterocycles. The number of rotatable bonds is 9. The van der Waals surface area contributed by atoms with E-state index < -0.39 is 5.54 Å². The number of carbonyl (C=O) groups is 2. The number of nitrogens with zero attached hydrogens (tertiary/aromatic N) is 3. The van der Waals surface area contributed by atoms with Crippen molar-refractivity contribution >= 4 is 11.9 Å². The van der Waals surface area contributed by atoms with Gasteiger partial charge in [0.1, 0.15) is 11.3 Å². The molecule has 0 unspecified atom stereocenters. The highest BCUT2D eigenvalue weighted by molar-refractivity contribution is 6.07. The van der Waals surface area contributed by atoms with Crippen LogP contribution < -0.4 is 14.2 Å². The van der Waals surface area contributed by atoms with Gasteiger partial charge in [-0.15, -0.1) is 0 Å². The number of methoxy groups -OCH3 is 3. The van der Waals surface area contributed by atoms with Crippen LogP contribution in [0.1, 0.15) is 37.8 Å². The predicted molar refractivity (Wildman–Crippen MR) is 137 cm³/mol. The van der Waals surface area contributed by atoms with Crippen LogP contribution in [0.15, 0.2) is 42.5 Å². The zero-order chi connectivity index (χ0) is 25.9. The molecule has 0 saturated carbocycles. The lowest BCUT2D eigenvalue weighted by molar-refractivity contribution is -0.136. The molecule has 36 heavy (non-hydrogen) atoms. The lowest BCUT2D eigenvalue weighted by Crippen LogP contribution is -2.57. The Labute approximate surface area is 213 Å². The molecule has 0 aromatic heterocycles. The quantitative estimate of drug-likeness (QED) is 0.487. The molecule has 0 bridgehead atoms. The standard InChI is InChI=1S/C28H37N3O5/c1-20(2)17-31-27(33)30(19-21-6-9-23(34-3)10-7-21)26(32)28(31)12-14-29(15-13-28)18-22-8-11-24(35-4)25(16-22)36-5/h6-11,16,20H,12-15,17-19H2,1-5H3. The molecule has 0 N–H and O–H groups in total. The number of hydrogen-bond donors (Lipinski definition) is 0. The number of imide groups is 1. The smallest absolute Gasteiger partial charge is 0.327 e. The molecule has 3 amide bonds. The van der Waals surface area contributed by atoms with Gasteiger partial charge in [-0.1, -0.05) is 32.0 Å². The maximum absolute atomic E-state index is 13.8. The first-order valence-electron chi connectivity index (χ1n) is 12.5. The van der Waals surface area contributed by atoms with Crippen molar-refractivity contribution in [1.82, 2.24) is 14.7 Å². The van der Waals surface area contributed by atoms with Crippen LogP contribution in [0.4, 0.5) is 4.79 Å². The summed E-state index contributed by atoms with van der Waals surface area (Å²) in [6.45, 7) is 7.23. The van der Waals surface area contributed by atoms with Crippen molar-refractivity contribution in [2.45, 2.75) is 45.3 Å². The highest BCUT2D eigenvalue weighted by atomic mass is 16.5. The zero-order valence-electron chi connectivity index (χ0n) is 22.0. The molecule has 2 fully saturated rings. The molecule has 2 aromatic carbocycles. The van der Waals surface area contributed by atoms with E-state index in [0.717, 1.165) is 36.5 Å². The number of ether oxygens (including phenoxy) is 3. The van der Waals surface area contributed by atoms with Crippen LogP contribution in [0.25, 0.3) is 0 Å². The zero-order valence-corrected chi connectivity index (χ0v) is 22.0. The first kappa shape index (κ1) is 25.8. The molecular weight excluding hydrogens is 458 g/mol. The van der Waals surface area contributed by atoms with Gasteiger partial charge in [0.2, 0.25) is 0 Å². The Morgan fingerprint density at radius 1 is 0.833 bits per heavy atom. The van der Waals surface area contributed by atoms with Gasteiger partial charge in [-0.05, 0) is 54.2 Å². The number of urea groups is 1. The summed E-state index contributed by atoms with van der Waals surface area (Å²) < 4.78 is 16.0. The first-order chi connectivity index (χ1) is 17.3. The van der Waals surface area contributed by atoms with E-state index in [2.05, 4.69) is 18.7 Å². The van der Waals surface area contributed by atoms with Crippen molar-refractivity contribution in [3.63, 3.8) is 0 Å². The van der Waals surface area contributed by atoms with E-state index in [0.29, 0.717) is 30.9 Å². The maximum atomic E-state index is 13.8. The summed E-state index contributed by atoms with van der Waals surface area (Å²) in [6, 6.07) is 13.3. The maximum Gasteiger partial charge on any atom is 0.327 e. The average molecular weight is 496 g/mol. The van der Waals surface area contributed by atoms with Crippen molar-refractivity contribution in [2.75, 3.05) is 41.0 Å². The van der Waals surface area contributed by atoms with Gasteiger partial charge in [0.25, 0.3) is 5.91 Å². The summed E-state index contributed by atoms with van der Waals surface area (Å²) >= 11 is 0. The number of likely N-dealkylation sites (tertiary alicyclic amines) is 1. The SMILES string of the molecule is COc1ccc(CN2C(=O)N(CC(C)C)C3(CCN(Cc4ccc(OC)c(OC)c4)CC3)C2=O)cc1. The van der Waals surface area contributed by atoms with E-state index in [1.807, 2.05) is 47.4 Å². The summed E-state index contributed by atoms with van der Waals surface area (Å²) in [5.41, 5.74) is 1.25. The highest BCUT2D eigenvalue weighted by Crippen LogP contribution is 2.39. The van der Waals surface area contributed by atoms with Crippen molar-refractivity contribution in [3.05, 3.63) is 53.6 Å². The fraction of sp³-hybridized carbons (Fsp3) is 0.500. The molecule has 0 radical (unpaired) electrons. The van der Waals surface area contributed by atoms with Crippen LogP contribution in [0.5, 0.6) is 17.2 Å². The van der Waals surface area contributed by atoms with Crippen LogP contribution in [0.2, 0.25) is 0 Å². The molecule has 2 aliphatic heterocycles. The Bertz CT molecular complexity index is 1080. The Balaban J connectivity index is 1.49. The second-order valence-electron chi connectivity index (χ2n) is 10.0. The summed E-state index contributed by atoms with van der Waals surface area (Å²) in [7, 11) is 4.88. The van der Waals surface area contributed by atoms with Gasteiger partial charge in [0.05, 0.1) is 27.9 Å². The third-order valence-electron chi connectivity index (χ3n) is 7.21. The van der Waals surface area contributed by atoms with Gasteiger partial charge in [-0.25, -0.2) is 4.79 Å². The minimum atomic E-state index is -0.776. The van der Waals surface area contributed by atoms with Gasteiger partial charge in [-0.3, -0.25) is 14.6 Å². The second kappa shape index (κ2) is 10.8. The Morgan fingerprint density at radius 2 is 1.47 bits per heavy atom. The first-order valence-corrected chi connectivity index (χ1v) is 12.5. The normalized spacial score (nSPS) is 17.8. The van der Waals surface area contributed by atoms with E-state index in [1.165, 1.54) is 4.90 Å². The Kier molecular flexibility index (Phi) is 7.73. The fourth-order valence-corrected chi connectivity index (χ4v) is 5.26. The number of piperidine rings is 1. The van der Waals surface area contributed by atoms with Crippen LogP contribution in [0.3, 0.4) is 0 Å². The molecule has 194 valence electrons. The van der Waals surface area contributed by atoms with Crippen molar-refractivity contribution in [1.29, 1.82) is 0 Å². The van der Waals surface area contributed by atoms with Gasteiger partial charge in [0.15, 0.2) is 11.5 Å². The van der Waals surface area contributed by atoms with E-state index in [1.54, 1.807) is 21.3 Å². The third-order valence-corrected chi connectivity index (χ3v) is 7.21. The van der Waals surface area contributed by atoms with Gasteiger partial charge >= 0.3 is 6.03 Å². The largest absolute Gasteiger partial charge is 0.497 e. The molecule has 0 aliphatic carbocycles. The summed E-state index contributed by atoms with van der Waals surface area (Å²) in [5.74, 6) is 2.35. The molecule has 2 saturated heterocycles. The third kappa shape index (κ3) is 5.00. The van der Waals surface area contributed by atoms with Crippen LogP contribution >= 0.6 is 0 Å². The predicted octanol–water partition coefficient (Wildman–Crippen LogP) is 4.17. The average Bonchev–Trinajstić information content (AvgIpc) is 3.06. The number of hydrogen-bond acceptors (Lipinski definition) is 6. The monoisotopic (exact) mass is 495 g/mol. The summed E-state index contributed by atoms with van der Waals surface area (Å²) in [6.07, 6.45) is 1.24. The van der Waals surface area contributed by atoms with Crippen LogP contribution in [-0.4, -0.2) is 73.1 Å². The number of amides is 3. The molecule has 8 nitrogen and oxygen atoms in total. The van der Waals surface area contributed by atoms with Crippen LogP contribution in [-0.2, 0) is 17.9 Å². The van der Waals surface area contributed by atoms with Crippen molar-refractivity contribution in [2.24, 2.45) is 5.92 Å². The van der Waals surface area contributed by atoms with Crippen molar-refractivity contribution < 1.29 is 23.8 Å². The van der Waals surface area contributed by atoms with Gasteiger partial charge in [0, 0.05) is 26.2 Å². The summed E-state index contributed by atoms with van der Waals surface area (Å²) in [4.78, 5) is 33.0. The van der Waals surface area contributed by atoms with Gasteiger partial charge in [-0.2, -0.15) is 0 Å². The lowest BCUT2D eigenvalue weighted by Gasteiger charge is -2.42. The minimum absolute atomic E-state index is 0.0743.